The van der Waals surface area contributed by atoms with E-state index >= 15 is 0 Å². The summed E-state index contributed by atoms with van der Waals surface area (Å²) in [6, 6.07) is 7.97. The molecule has 1 aromatic carbocycles. The van der Waals surface area contributed by atoms with Crippen molar-refractivity contribution in [3.63, 3.8) is 0 Å². The van der Waals surface area contributed by atoms with Gasteiger partial charge in [-0.15, -0.1) is 0 Å². The first-order chi connectivity index (χ1) is 9.47. The smallest absolute Gasteiger partial charge is 0.329 e. The average molecular weight is 279 g/mol. The van der Waals surface area contributed by atoms with Gasteiger partial charge in [-0.3, -0.25) is 4.90 Å². The van der Waals surface area contributed by atoms with Crippen LogP contribution in [0.1, 0.15) is 12.5 Å². The lowest BCUT2D eigenvalue weighted by atomic mass is 9.96. The van der Waals surface area contributed by atoms with Gasteiger partial charge in [-0.1, -0.05) is 17.7 Å². The molecular weight excluding hydrogens is 258 g/mol. The second-order valence-corrected chi connectivity index (χ2v) is 5.50. The van der Waals surface area contributed by atoms with Gasteiger partial charge < -0.3 is 14.6 Å². The van der Waals surface area contributed by atoms with Gasteiger partial charge >= 0.3 is 5.97 Å². The fourth-order valence-electron chi connectivity index (χ4n) is 2.31. The Morgan fingerprint density at radius 3 is 2.60 bits per heavy atom. The van der Waals surface area contributed by atoms with Crippen molar-refractivity contribution in [2.45, 2.75) is 19.4 Å². The van der Waals surface area contributed by atoms with E-state index in [1.165, 1.54) is 5.56 Å². The quantitative estimate of drug-likeness (QED) is 0.820. The van der Waals surface area contributed by atoms with Crippen LogP contribution in [0.5, 0.6) is 5.75 Å². The molecule has 1 heterocycles. The Morgan fingerprint density at radius 2 is 2.00 bits per heavy atom. The van der Waals surface area contributed by atoms with Crippen LogP contribution in [0.15, 0.2) is 24.3 Å². The highest BCUT2D eigenvalue weighted by Gasteiger charge is 2.39. The van der Waals surface area contributed by atoms with Crippen LogP contribution in [0.2, 0.25) is 0 Å². The molecule has 5 nitrogen and oxygen atoms in total. The number of hydrogen-bond donors (Lipinski definition) is 1. The molecule has 0 saturated carbocycles. The molecule has 5 heteroatoms. The minimum Gasteiger partial charge on any atom is -0.492 e. The van der Waals surface area contributed by atoms with Crippen molar-refractivity contribution in [1.82, 2.24) is 4.90 Å². The van der Waals surface area contributed by atoms with Crippen molar-refractivity contribution < 1.29 is 19.4 Å². The highest BCUT2D eigenvalue weighted by Crippen LogP contribution is 2.24. The van der Waals surface area contributed by atoms with Crippen molar-refractivity contribution in [3.8, 4) is 5.75 Å². The van der Waals surface area contributed by atoms with E-state index in [2.05, 4.69) is 4.90 Å². The lowest BCUT2D eigenvalue weighted by Crippen LogP contribution is -2.62. The molecule has 0 radical (unpaired) electrons. The zero-order valence-electron chi connectivity index (χ0n) is 12.0. The van der Waals surface area contributed by atoms with Crippen molar-refractivity contribution >= 4 is 5.97 Å². The minimum absolute atomic E-state index is 0.232. The Kier molecular flexibility index (Phi) is 4.62. The molecule has 1 aliphatic heterocycles. The van der Waals surface area contributed by atoms with Crippen LogP contribution in [-0.4, -0.2) is 54.4 Å². The van der Waals surface area contributed by atoms with Crippen molar-refractivity contribution in [2.24, 2.45) is 0 Å². The standard InChI is InChI=1S/C15H21NO4/c1-12-3-5-13(6-4-12)19-8-7-16-10-15(2,11-16)20-9-14(17)18/h3-6H,7-11H2,1-2H3,(H,17,18). The fraction of sp³-hybridized carbons (Fsp3) is 0.533. The number of aliphatic carboxylic acids is 1. The van der Waals surface area contributed by atoms with Gasteiger partial charge in [0.15, 0.2) is 0 Å². The summed E-state index contributed by atoms with van der Waals surface area (Å²) in [6.45, 7) is 6.69. The molecule has 0 unspecified atom stereocenters. The number of benzene rings is 1. The van der Waals surface area contributed by atoms with E-state index in [1.807, 2.05) is 38.1 Å². The molecule has 0 aliphatic carbocycles. The van der Waals surface area contributed by atoms with Crippen LogP contribution in [0.4, 0.5) is 0 Å². The Hall–Kier alpha value is -1.59. The van der Waals surface area contributed by atoms with Crippen molar-refractivity contribution in [2.75, 3.05) is 32.8 Å². The summed E-state index contributed by atoms with van der Waals surface area (Å²) in [5.41, 5.74) is 0.883. The molecule has 1 aromatic rings. The van der Waals surface area contributed by atoms with Gasteiger partial charge in [0.25, 0.3) is 0 Å². The molecule has 20 heavy (non-hydrogen) atoms. The number of carbonyl (C=O) groups is 1. The summed E-state index contributed by atoms with van der Waals surface area (Å²) in [5, 5.41) is 8.59. The van der Waals surface area contributed by atoms with Gasteiger partial charge in [0.2, 0.25) is 0 Å². The number of aryl methyl sites for hydroxylation is 1. The lowest BCUT2D eigenvalue weighted by molar-refractivity contribution is -0.165. The summed E-state index contributed by atoms with van der Waals surface area (Å²) in [6.07, 6.45) is 0. The SMILES string of the molecule is Cc1ccc(OCCN2CC(C)(OCC(=O)O)C2)cc1. The van der Waals surface area contributed by atoms with E-state index in [4.69, 9.17) is 14.6 Å². The largest absolute Gasteiger partial charge is 0.492 e. The molecule has 1 fully saturated rings. The molecule has 110 valence electrons. The van der Waals surface area contributed by atoms with Gasteiger partial charge in [-0.25, -0.2) is 4.79 Å². The van der Waals surface area contributed by atoms with Crippen LogP contribution >= 0.6 is 0 Å². The van der Waals surface area contributed by atoms with Crippen molar-refractivity contribution in [1.29, 1.82) is 0 Å². The number of nitrogens with zero attached hydrogens (tertiary/aromatic N) is 1. The van der Waals surface area contributed by atoms with Gasteiger partial charge in [-0.05, 0) is 26.0 Å². The summed E-state index contributed by atoms with van der Waals surface area (Å²) in [5.74, 6) is -0.0478. The number of ether oxygens (including phenoxy) is 2. The zero-order chi connectivity index (χ0) is 14.6. The zero-order valence-corrected chi connectivity index (χ0v) is 12.0. The maximum Gasteiger partial charge on any atom is 0.329 e. The Bertz CT molecular complexity index is 451. The van der Waals surface area contributed by atoms with E-state index in [1.54, 1.807) is 0 Å². The summed E-state index contributed by atoms with van der Waals surface area (Å²) in [7, 11) is 0. The molecule has 1 aliphatic rings. The predicted octanol–water partition coefficient (Wildman–Crippen LogP) is 1.55. The third-order valence-corrected chi connectivity index (χ3v) is 3.36. The lowest BCUT2D eigenvalue weighted by Gasteiger charge is -2.47. The van der Waals surface area contributed by atoms with Crippen LogP contribution in [0.25, 0.3) is 0 Å². The fourth-order valence-corrected chi connectivity index (χ4v) is 2.31. The molecule has 1 saturated heterocycles. The van der Waals surface area contributed by atoms with Crippen LogP contribution in [0.3, 0.4) is 0 Å². The molecular formula is C15H21NO4. The Balaban J connectivity index is 1.63. The predicted molar refractivity (Wildman–Crippen MR) is 75.1 cm³/mol. The first kappa shape index (κ1) is 14.8. The normalized spacial score (nSPS) is 17.5. The minimum atomic E-state index is -0.924. The summed E-state index contributed by atoms with van der Waals surface area (Å²) >= 11 is 0. The molecule has 0 aromatic heterocycles. The van der Waals surface area contributed by atoms with Crippen LogP contribution in [-0.2, 0) is 9.53 Å². The number of carboxylic acid groups (broad SMARTS) is 1. The summed E-state index contributed by atoms with van der Waals surface area (Å²) < 4.78 is 11.0. The topological polar surface area (TPSA) is 59.0 Å². The van der Waals surface area contributed by atoms with Gasteiger partial charge in [0.05, 0.1) is 5.60 Å². The maximum atomic E-state index is 10.5. The van der Waals surface area contributed by atoms with Crippen molar-refractivity contribution in [3.05, 3.63) is 29.8 Å². The molecule has 0 amide bonds. The number of rotatable bonds is 7. The average Bonchev–Trinajstić information content (AvgIpc) is 2.37. The van der Waals surface area contributed by atoms with Crippen LogP contribution in [0, 0.1) is 6.92 Å². The first-order valence-corrected chi connectivity index (χ1v) is 6.74. The summed E-state index contributed by atoms with van der Waals surface area (Å²) in [4.78, 5) is 12.7. The molecule has 1 N–H and O–H groups in total. The highest BCUT2D eigenvalue weighted by molar-refractivity contribution is 5.68. The second-order valence-electron chi connectivity index (χ2n) is 5.50. The number of hydrogen-bond acceptors (Lipinski definition) is 4. The second kappa shape index (κ2) is 6.24. The maximum absolute atomic E-state index is 10.5. The molecule has 0 bridgehead atoms. The van der Waals surface area contributed by atoms with E-state index in [9.17, 15) is 4.79 Å². The van der Waals surface area contributed by atoms with Gasteiger partial charge in [0.1, 0.15) is 19.0 Å². The van der Waals surface area contributed by atoms with Gasteiger partial charge in [-0.2, -0.15) is 0 Å². The molecule has 0 atom stereocenters. The van der Waals surface area contributed by atoms with E-state index in [0.29, 0.717) is 6.61 Å². The highest BCUT2D eigenvalue weighted by atomic mass is 16.5. The number of carboxylic acids is 1. The van der Waals surface area contributed by atoms with Gasteiger partial charge in [0, 0.05) is 19.6 Å². The molecule has 2 rings (SSSR count). The Morgan fingerprint density at radius 1 is 1.35 bits per heavy atom. The molecule has 0 spiro atoms. The Labute approximate surface area is 119 Å². The number of likely N-dealkylation sites (tertiary alicyclic amines) is 1. The first-order valence-electron chi connectivity index (χ1n) is 6.74. The third-order valence-electron chi connectivity index (χ3n) is 3.36. The van der Waals surface area contributed by atoms with E-state index < -0.39 is 5.97 Å². The monoisotopic (exact) mass is 279 g/mol. The van der Waals surface area contributed by atoms with Crippen LogP contribution < -0.4 is 4.74 Å². The van der Waals surface area contributed by atoms with E-state index in [-0.39, 0.29) is 12.2 Å². The third kappa shape index (κ3) is 4.21. The van der Waals surface area contributed by atoms with E-state index in [0.717, 1.165) is 25.4 Å².